The van der Waals surface area contributed by atoms with Crippen LogP contribution in [0.2, 0.25) is 0 Å². The summed E-state index contributed by atoms with van der Waals surface area (Å²) in [6.45, 7) is 2.11. The Labute approximate surface area is 110 Å². The maximum absolute atomic E-state index is 12.8. The largest absolute Gasteiger partial charge is 0.417 e. The maximum atomic E-state index is 12.8. The van der Waals surface area contributed by atoms with Crippen molar-refractivity contribution in [2.24, 2.45) is 5.41 Å². The summed E-state index contributed by atoms with van der Waals surface area (Å²) in [5, 5.41) is 19.0. The molecule has 2 aliphatic heterocycles. The summed E-state index contributed by atoms with van der Waals surface area (Å²) < 4.78 is 43.4. The fourth-order valence-electron chi connectivity index (χ4n) is 2.71. The van der Waals surface area contributed by atoms with Gasteiger partial charge in [-0.3, -0.25) is 0 Å². The number of halogens is 3. The lowest BCUT2D eigenvalue weighted by molar-refractivity contribution is -0.263. The summed E-state index contributed by atoms with van der Waals surface area (Å²) in [6.07, 6.45) is -4.83. The number of rotatable bonds is 3. The minimum atomic E-state index is -4.57. The van der Waals surface area contributed by atoms with E-state index in [4.69, 9.17) is 4.74 Å². The fourth-order valence-corrected chi connectivity index (χ4v) is 2.71. The normalized spacial score (nSPS) is 32.7. The topological polar surface area (TPSA) is 52.9 Å². The van der Waals surface area contributed by atoms with Crippen LogP contribution < -0.4 is 0 Å². The van der Waals surface area contributed by atoms with Crippen molar-refractivity contribution in [2.45, 2.75) is 31.0 Å². The molecule has 0 bridgehead atoms. The van der Waals surface area contributed by atoms with Gasteiger partial charge in [-0.05, 0) is 25.8 Å². The molecular weight excluding hydrogens is 263 g/mol. The molecule has 0 radical (unpaired) electrons. The highest BCUT2D eigenvalue weighted by molar-refractivity contribution is 4.93. The lowest BCUT2D eigenvalue weighted by atomic mass is 9.86. The van der Waals surface area contributed by atoms with Gasteiger partial charge in [-0.2, -0.15) is 13.2 Å². The van der Waals surface area contributed by atoms with Crippen molar-refractivity contribution in [1.82, 2.24) is 4.90 Å². The molecule has 0 amide bonds. The van der Waals surface area contributed by atoms with Crippen LogP contribution in [0.1, 0.15) is 19.3 Å². The molecule has 2 fully saturated rings. The van der Waals surface area contributed by atoms with E-state index >= 15 is 0 Å². The second-order valence-electron chi connectivity index (χ2n) is 5.81. The predicted octanol–water partition coefficient (Wildman–Crippen LogP) is 0.775. The molecule has 0 saturated carbocycles. The first-order valence-corrected chi connectivity index (χ1v) is 6.50. The molecular formula is C12H20F3NO3. The third-order valence-corrected chi connectivity index (χ3v) is 4.14. The molecule has 2 aliphatic rings. The van der Waals surface area contributed by atoms with Gasteiger partial charge in [0, 0.05) is 13.1 Å². The lowest BCUT2D eigenvalue weighted by Gasteiger charge is -2.43. The van der Waals surface area contributed by atoms with Gasteiger partial charge in [-0.1, -0.05) is 0 Å². The Morgan fingerprint density at radius 1 is 1.16 bits per heavy atom. The van der Waals surface area contributed by atoms with Gasteiger partial charge in [-0.25, -0.2) is 0 Å². The van der Waals surface area contributed by atoms with Gasteiger partial charge in [0.15, 0.2) is 5.60 Å². The van der Waals surface area contributed by atoms with Crippen molar-refractivity contribution in [3.8, 4) is 0 Å². The van der Waals surface area contributed by atoms with Gasteiger partial charge in [-0.15, -0.1) is 0 Å². The monoisotopic (exact) mass is 283 g/mol. The van der Waals surface area contributed by atoms with Crippen molar-refractivity contribution >= 4 is 0 Å². The Morgan fingerprint density at radius 3 is 2.32 bits per heavy atom. The van der Waals surface area contributed by atoms with Crippen molar-refractivity contribution in [3.63, 3.8) is 0 Å². The molecule has 2 N–H and O–H groups in total. The van der Waals surface area contributed by atoms with Gasteiger partial charge in [0.2, 0.25) is 0 Å². The second-order valence-corrected chi connectivity index (χ2v) is 5.81. The summed E-state index contributed by atoms with van der Waals surface area (Å²) in [7, 11) is 0. The fraction of sp³-hybridized carbons (Fsp3) is 1.00. The molecule has 2 rings (SSSR count). The zero-order chi connectivity index (χ0) is 14.1. The molecule has 1 atom stereocenters. The third kappa shape index (κ3) is 3.04. The zero-order valence-corrected chi connectivity index (χ0v) is 10.7. The molecule has 7 heteroatoms. The molecule has 2 heterocycles. The highest BCUT2D eigenvalue weighted by Crippen LogP contribution is 2.39. The van der Waals surface area contributed by atoms with Crippen LogP contribution in [0.4, 0.5) is 13.2 Å². The summed E-state index contributed by atoms with van der Waals surface area (Å²) in [6, 6.07) is 0. The number of hydrogen-bond donors (Lipinski definition) is 2. The molecule has 0 spiro atoms. The minimum Gasteiger partial charge on any atom is -0.396 e. The number of likely N-dealkylation sites (tertiary alicyclic amines) is 1. The average Bonchev–Trinajstić information content (AvgIpc) is 2.46. The van der Waals surface area contributed by atoms with Crippen LogP contribution in [-0.4, -0.2) is 66.3 Å². The molecule has 0 aromatic heterocycles. The van der Waals surface area contributed by atoms with E-state index in [1.807, 2.05) is 4.90 Å². The minimum absolute atomic E-state index is 0.0208. The summed E-state index contributed by atoms with van der Waals surface area (Å²) in [4.78, 5) is 1.89. The Bertz CT molecular complexity index is 314. The van der Waals surface area contributed by atoms with Crippen molar-refractivity contribution in [2.75, 3.05) is 39.5 Å². The molecule has 0 aromatic carbocycles. The van der Waals surface area contributed by atoms with Crippen LogP contribution >= 0.6 is 0 Å². The SMILES string of the molecule is OCC1(CN2CCCC(O)(C(F)(F)F)CC2)COC1. The Balaban J connectivity index is 1.93. The molecule has 112 valence electrons. The Morgan fingerprint density at radius 2 is 1.84 bits per heavy atom. The number of alkyl halides is 3. The van der Waals surface area contributed by atoms with Crippen LogP contribution in [0.3, 0.4) is 0 Å². The van der Waals surface area contributed by atoms with E-state index in [1.54, 1.807) is 0 Å². The molecule has 0 aliphatic carbocycles. The Kier molecular flexibility index (Phi) is 4.11. The summed E-state index contributed by atoms with van der Waals surface area (Å²) in [5.74, 6) is 0. The Hall–Kier alpha value is -0.370. The number of ether oxygens (including phenoxy) is 1. The van der Waals surface area contributed by atoms with Crippen molar-refractivity contribution < 1.29 is 28.1 Å². The lowest BCUT2D eigenvalue weighted by Crippen LogP contribution is -2.53. The maximum Gasteiger partial charge on any atom is 0.417 e. The van der Waals surface area contributed by atoms with Crippen molar-refractivity contribution in [1.29, 1.82) is 0 Å². The van der Waals surface area contributed by atoms with Crippen LogP contribution in [-0.2, 0) is 4.74 Å². The summed E-state index contributed by atoms with van der Waals surface area (Å²) >= 11 is 0. The number of aliphatic hydroxyl groups excluding tert-OH is 1. The van der Waals surface area contributed by atoms with Gasteiger partial charge >= 0.3 is 6.18 Å². The highest BCUT2D eigenvalue weighted by atomic mass is 19.4. The smallest absolute Gasteiger partial charge is 0.396 e. The molecule has 2 saturated heterocycles. The first-order valence-electron chi connectivity index (χ1n) is 6.50. The van der Waals surface area contributed by atoms with Crippen LogP contribution in [0, 0.1) is 5.41 Å². The van der Waals surface area contributed by atoms with E-state index in [2.05, 4.69) is 0 Å². The summed E-state index contributed by atoms with van der Waals surface area (Å²) in [5.41, 5.74) is -2.90. The van der Waals surface area contributed by atoms with E-state index in [0.29, 0.717) is 32.7 Å². The zero-order valence-electron chi connectivity index (χ0n) is 10.7. The van der Waals surface area contributed by atoms with E-state index in [9.17, 15) is 23.4 Å². The van der Waals surface area contributed by atoms with E-state index < -0.39 is 11.8 Å². The molecule has 19 heavy (non-hydrogen) atoms. The highest BCUT2D eigenvalue weighted by Gasteiger charge is 2.53. The third-order valence-electron chi connectivity index (χ3n) is 4.14. The average molecular weight is 283 g/mol. The second kappa shape index (κ2) is 5.20. The first kappa shape index (κ1) is 15.0. The van der Waals surface area contributed by atoms with Gasteiger partial charge in [0.05, 0.1) is 25.2 Å². The van der Waals surface area contributed by atoms with Crippen molar-refractivity contribution in [3.05, 3.63) is 0 Å². The number of nitrogens with zero attached hydrogens (tertiary/aromatic N) is 1. The molecule has 4 nitrogen and oxygen atoms in total. The number of aliphatic hydroxyl groups is 2. The van der Waals surface area contributed by atoms with Gasteiger partial charge in [0.1, 0.15) is 0 Å². The quantitative estimate of drug-likeness (QED) is 0.803. The van der Waals surface area contributed by atoms with Crippen LogP contribution in [0.25, 0.3) is 0 Å². The predicted molar refractivity (Wildman–Crippen MR) is 61.6 cm³/mol. The van der Waals surface area contributed by atoms with E-state index in [0.717, 1.165) is 0 Å². The molecule has 0 aromatic rings. The standard InChI is InChI=1S/C12H20F3NO3/c13-12(14,15)11(18)2-1-4-16(5-3-11)6-10(7-17)8-19-9-10/h17-18H,1-9H2. The number of hydrogen-bond acceptors (Lipinski definition) is 4. The van der Waals surface area contributed by atoms with E-state index in [1.165, 1.54) is 0 Å². The first-order chi connectivity index (χ1) is 8.80. The van der Waals surface area contributed by atoms with Gasteiger partial charge in [0.25, 0.3) is 0 Å². The van der Waals surface area contributed by atoms with Gasteiger partial charge < -0.3 is 19.8 Å². The van der Waals surface area contributed by atoms with Crippen LogP contribution in [0.5, 0.6) is 0 Å². The van der Waals surface area contributed by atoms with Crippen LogP contribution in [0.15, 0.2) is 0 Å². The van der Waals surface area contributed by atoms with E-state index in [-0.39, 0.29) is 31.4 Å². The molecule has 1 unspecified atom stereocenters.